The highest BCUT2D eigenvalue weighted by molar-refractivity contribution is 5.17. The highest BCUT2D eigenvalue weighted by Gasteiger charge is 2.64. The summed E-state index contributed by atoms with van der Waals surface area (Å²) in [5, 5.41) is 0. The molecule has 21 heavy (non-hydrogen) atoms. The monoisotopic (exact) mass is 296 g/mol. The summed E-state index contributed by atoms with van der Waals surface area (Å²) in [5.74, 6) is -1.42. The van der Waals surface area contributed by atoms with Crippen molar-refractivity contribution < 1.29 is 23.7 Å². The van der Waals surface area contributed by atoms with Crippen LogP contribution in [0.15, 0.2) is 12.2 Å². The van der Waals surface area contributed by atoms with Gasteiger partial charge < -0.3 is 23.7 Å². The van der Waals surface area contributed by atoms with Crippen molar-refractivity contribution in [2.24, 2.45) is 5.92 Å². The Morgan fingerprint density at radius 1 is 0.952 bits per heavy atom. The van der Waals surface area contributed by atoms with Gasteiger partial charge in [0.15, 0.2) is 5.79 Å². The first-order valence-corrected chi connectivity index (χ1v) is 7.91. The SMILES string of the molecule is C[C@@H]1C[C@H](C)OC2(O1)[C@@H]1C=C[C@@H](OC1)[C@@H]1OC(C)(C)O[C@@H]12. The van der Waals surface area contributed by atoms with E-state index < -0.39 is 11.6 Å². The summed E-state index contributed by atoms with van der Waals surface area (Å²) in [4.78, 5) is 0. The molecule has 0 saturated carbocycles. The molecule has 1 spiro atoms. The van der Waals surface area contributed by atoms with Crippen LogP contribution in [-0.2, 0) is 23.7 Å². The Morgan fingerprint density at radius 3 is 2.29 bits per heavy atom. The number of hydrogen-bond donors (Lipinski definition) is 0. The van der Waals surface area contributed by atoms with Crippen LogP contribution in [-0.4, -0.2) is 48.7 Å². The van der Waals surface area contributed by atoms with Crippen LogP contribution in [0, 0.1) is 5.92 Å². The fourth-order valence-electron chi connectivity index (χ4n) is 4.10. The molecule has 7 atom stereocenters. The summed E-state index contributed by atoms with van der Waals surface area (Å²) in [6.07, 6.45) is 4.82. The van der Waals surface area contributed by atoms with E-state index in [1.54, 1.807) is 0 Å². The zero-order valence-electron chi connectivity index (χ0n) is 13.1. The lowest BCUT2D eigenvalue weighted by Crippen LogP contribution is -2.61. The van der Waals surface area contributed by atoms with Crippen molar-refractivity contribution in [1.82, 2.24) is 0 Å². The first-order chi connectivity index (χ1) is 9.90. The lowest BCUT2D eigenvalue weighted by atomic mass is 9.91. The molecular weight excluding hydrogens is 272 g/mol. The van der Waals surface area contributed by atoms with Gasteiger partial charge in [-0.05, 0) is 34.1 Å². The van der Waals surface area contributed by atoms with E-state index >= 15 is 0 Å². The minimum absolute atomic E-state index is 0.0337. The van der Waals surface area contributed by atoms with Gasteiger partial charge in [0.1, 0.15) is 18.3 Å². The summed E-state index contributed by atoms with van der Waals surface area (Å²) < 4.78 is 31.0. The van der Waals surface area contributed by atoms with E-state index in [0.717, 1.165) is 6.42 Å². The van der Waals surface area contributed by atoms with Crippen molar-refractivity contribution in [2.75, 3.05) is 6.61 Å². The number of hydrogen-bond acceptors (Lipinski definition) is 5. The van der Waals surface area contributed by atoms with Gasteiger partial charge in [-0.1, -0.05) is 12.2 Å². The van der Waals surface area contributed by atoms with Crippen LogP contribution in [0.25, 0.3) is 0 Å². The Morgan fingerprint density at radius 2 is 1.67 bits per heavy atom. The zero-order chi connectivity index (χ0) is 14.8. The predicted molar refractivity (Wildman–Crippen MR) is 74.6 cm³/mol. The Kier molecular flexibility index (Phi) is 3.05. The molecule has 0 aromatic carbocycles. The molecule has 0 radical (unpaired) electrons. The Bertz CT molecular complexity index is 450. The topological polar surface area (TPSA) is 46.2 Å². The number of ether oxygens (including phenoxy) is 5. The largest absolute Gasteiger partial charge is 0.370 e. The maximum atomic E-state index is 6.34. The van der Waals surface area contributed by atoms with E-state index in [4.69, 9.17) is 23.7 Å². The molecule has 0 aromatic rings. The highest BCUT2D eigenvalue weighted by Crippen LogP contribution is 2.49. The molecule has 2 bridgehead atoms. The van der Waals surface area contributed by atoms with Gasteiger partial charge >= 0.3 is 0 Å². The summed E-state index contributed by atoms with van der Waals surface area (Å²) >= 11 is 0. The van der Waals surface area contributed by atoms with Gasteiger partial charge in [0.2, 0.25) is 5.79 Å². The molecular formula is C16H24O5. The molecule has 5 nitrogen and oxygen atoms in total. The summed E-state index contributed by atoms with van der Waals surface area (Å²) in [6.45, 7) is 8.64. The Balaban J connectivity index is 1.78. The number of rotatable bonds is 0. The van der Waals surface area contributed by atoms with E-state index in [-0.39, 0.29) is 36.4 Å². The number of fused-ring (bicyclic) bond motifs is 1. The molecule has 1 aliphatic carbocycles. The van der Waals surface area contributed by atoms with Gasteiger partial charge in [-0.25, -0.2) is 0 Å². The van der Waals surface area contributed by atoms with Crippen molar-refractivity contribution in [3.8, 4) is 0 Å². The maximum absolute atomic E-state index is 6.34. The molecule has 4 heterocycles. The van der Waals surface area contributed by atoms with Crippen molar-refractivity contribution in [3.63, 3.8) is 0 Å². The fourth-order valence-corrected chi connectivity index (χ4v) is 4.10. The smallest absolute Gasteiger partial charge is 0.206 e. The molecule has 5 rings (SSSR count). The second-order valence-electron chi connectivity index (χ2n) is 7.12. The second-order valence-corrected chi connectivity index (χ2v) is 7.12. The third-order valence-corrected chi connectivity index (χ3v) is 4.80. The van der Waals surface area contributed by atoms with Gasteiger partial charge in [-0.3, -0.25) is 0 Å². The molecule has 118 valence electrons. The van der Waals surface area contributed by atoms with Gasteiger partial charge in [-0.15, -0.1) is 0 Å². The zero-order valence-corrected chi connectivity index (χ0v) is 13.1. The van der Waals surface area contributed by atoms with Crippen molar-refractivity contribution in [2.45, 2.75) is 76.2 Å². The molecule has 3 fully saturated rings. The van der Waals surface area contributed by atoms with Crippen LogP contribution in [0.4, 0.5) is 0 Å². The Labute approximate surface area is 125 Å². The first-order valence-electron chi connectivity index (χ1n) is 7.91. The normalized spacial score (nSPS) is 54.7. The van der Waals surface area contributed by atoms with Crippen LogP contribution in [0.1, 0.15) is 34.1 Å². The van der Waals surface area contributed by atoms with Gasteiger partial charge in [0, 0.05) is 0 Å². The first kappa shape index (κ1) is 14.2. The lowest BCUT2D eigenvalue weighted by Gasteiger charge is -2.48. The molecule has 5 aliphatic rings. The van der Waals surface area contributed by atoms with Crippen LogP contribution >= 0.6 is 0 Å². The van der Waals surface area contributed by atoms with Crippen molar-refractivity contribution in [1.29, 1.82) is 0 Å². The summed E-state index contributed by atoms with van der Waals surface area (Å²) in [5.41, 5.74) is 0. The van der Waals surface area contributed by atoms with Crippen molar-refractivity contribution >= 4 is 0 Å². The minimum Gasteiger partial charge on any atom is -0.370 e. The van der Waals surface area contributed by atoms with E-state index in [2.05, 4.69) is 26.0 Å². The van der Waals surface area contributed by atoms with E-state index in [1.165, 1.54) is 0 Å². The van der Waals surface area contributed by atoms with E-state index in [9.17, 15) is 0 Å². The molecule has 1 unspecified atom stereocenters. The average molecular weight is 296 g/mol. The molecule has 3 saturated heterocycles. The molecule has 0 aromatic heterocycles. The third-order valence-electron chi connectivity index (χ3n) is 4.80. The van der Waals surface area contributed by atoms with Crippen LogP contribution in [0.3, 0.4) is 0 Å². The maximum Gasteiger partial charge on any atom is 0.206 e. The molecule has 0 N–H and O–H groups in total. The second kappa shape index (κ2) is 4.52. The van der Waals surface area contributed by atoms with Crippen LogP contribution in [0.5, 0.6) is 0 Å². The molecule has 5 heteroatoms. The third kappa shape index (κ3) is 2.10. The quantitative estimate of drug-likeness (QED) is 0.640. The van der Waals surface area contributed by atoms with Gasteiger partial charge in [0.05, 0.1) is 24.7 Å². The van der Waals surface area contributed by atoms with E-state index in [0.29, 0.717) is 6.61 Å². The predicted octanol–water partition coefficient (Wildman–Crippen LogP) is 2.00. The van der Waals surface area contributed by atoms with Crippen molar-refractivity contribution in [3.05, 3.63) is 12.2 Å². The standard InChI is InChI=1S/C16H24O5/c1-9-7-10(2)19-16(18-9)11-5-6-12(17-8-11)13-14(16)21-15(3,4)20-13/h5-6,9-14H,7-8H2,1-4H3/t9-,10+,11-,12-,13+,14+,16?/m1/s1. The van der Waals surface area contributed by atoms with E-state index in [1.807, 2.05) is 13.8 Å². The minimum atomic E-state index is -0.808. The van der Waals surface area contributed by atoms with Crippen LogP contribution in [0.2, 0.25) is 0 Å². The Hall–Kier alpha value is -0.460. The molecule has 4 aliphatic heterocycles. The lowest BCUT2D eigenvalue weighted by molar-refractivity contribution is -0.366. The van der Waals surface area contributed by atoms with Crippen LogP contribution < -0.4 is 0 Å². The van der Waals surface area contributed by atoms with Gasteiger partial charge in [-0.2, -0.15) is 0 Å². The average Bonchev–Trinajstić information content (AvgIpc) is 2.66. The summed E-state index contributed by atoms with van der Waals surface area (Å²) in [6, 6.07) is 0. The fraction of sp³-hybridized carbons (Fsp3) is 0.875. The highest BCUT2D eigenvalue weighted by atomic mass is 16.8. The van der Waals surface area contributed by atoms with Gasteiger partial charge in [0.25, 0.3) is 0 Å². The summed E-state index contributed by atoms with van der Waals surface area (Å²) in [7, 11) is 0. The molecule has 0 amide bonds.